The van der Waals surface area contributed by atoms with Gasteiger partial charge in [-0.25, -0.2) is 17.5 Å². The highest BCUT2D eigenvalue weighted by molar-refractivity contribution is 7.89. The molecule has 0 aliphatic heterocycles. The van der Waals surface area contributed by atoms with Gasteiger partial charge in [-0.15, -0.1) is 0 Å². The molecule has 1 aromatic carbocycles. The molecular formula is C14H15FN2O4S. The van der Waals surface area contributed by atoms with Gasteiger partial charge < -0.3 is 9.73 Å². The molecule has 0 bridgehead atoms. The highest BCUT2D eigenvalue weighted by Gasteiger charge is 2.18. The first-order valence-corrected chi connectivity index (χ1v) is 7.92. The van der Waals surface area contributed by atoms with E-state index in [9.17, 15) is 17.6 Å². The summed E-state index contributed by atoms with van der Waals surface area (Å²) < 4.78 is 44.3. The number of amides is 1. The first-order chi connectivity index (χ1) is 10.4. The zero-order valence-corrected chi connectivity index (χ0v) is 12.6. The molecule has 0 aliphatic rings. The fraction of sp³-hybridized carbons (Fsp3) is 0.214. The van der Waals surface area contributed by atoms with Gasteiger partial charge in [-0.1, -0.05) is 0 Å². The lowest BCUT2D eigenvalue weighted by Gasteiger charge is -2.09. The number of benzene rings is 1. The maximum absolute atomic E-state index is 13.0. The van der Waals surface area contributed by atoms with E-state index in [-0.39, 0.29) is 17.0 Å². The molecular weight excluding hydrogens is 311 g/mol. The molecule has 8 heteroatoms. The summed E-state index contributed by atoms with van der Waals surface area (Å²) in [5.41, 5.74) is 0.267. The van der Waals surface area contributed by atoms with Crippen molar-refractivity contribution in [2.24, 2.45) is 0 Å². The van der Waals surface area contributed by atoms with Crippen LogP contribution in [0.15, 0.2) is 45.9 Å². The van der Waals surface area contributed by atoms with Gasteiger partial charge in [-0.05, 0) is 42.8 Å². The molecule has 1 amide bonds. The number of nitrogens with one attached hydrogen (secondary N) is 2. The molecule has 1 aromatic heterocycles. The van der Waals surface area contributed by atoms with Crippen LogP contribution in [0.3, 0.4) is 0 Å². The van der Waals surface area contributed by atoms with Gasteiger partial charge in [0.1, 0.15) is 11.6 Å². The molecule has 0 radical (unpaired) electrons. The van der Waals surface area contributed by atoms with Crippen LogP contribution < -0.4 is 10.0 Å². The summed E-state index contributed by atoms with van der Waals surface area (Å²) in [5.74, 6) is -0.460. The Balaban J connectivity index is 1.93. The van der Waals surface area contributed by atoms with E-state index in [4.69, 9.17) is 4.42 Å². The van der Waals surface area contributed by atoms with Crippen LogP contribution in [-0.4, -0.2) is 20.9 Å². The van der Waals surface area contributed by atoms with Gasteiger partial charge in [0, 0.05) is 0 Å². The number of hydrogen-bond donors (Lipinski definition) is 2. The third-order valence-corrected chi connectivity index (χ3v) is 4.45. The van der Waals surface area contributed by atoms with Gasteiger partial charge in [0.25, 0.3) is 0 Å². The van der Waals surface area contributed by atoms with Crippen LogP contribution in [0.25, 0.3) is 0 Å². The number of carbonyl (C=O) groups excluding carboxylic acids is 1. The van der Waals surface area contributed by atoms with Gasteiger partial charge in [0.2, 0.25) is 15.9 Å². The number of rotatable bonds is 6. The zero-order valence-electron chi connectivity index (χ0n) is 11.8. The van der Waals surface area contributed by atoms with Crippen molar-refractivity contribution in [1.82, 2.24) is 10.0 Å². The van der Waals surface area contributed by atoms with Gasteiger partial charge in [-0.3, -0.25) is 4.79 Å². The molecule has 0 saturated carbocycles. The Kier molecular flexibility index (Phi) is 4.94. The summed E-state index contributed by atoms with van der Waals surface area (Å²) in [6.07, 6.45) is 1.47. The van der Waals surface area contributed by atoms with E-state index in [1.165, 1.54) is 13.2 Å². The van der Waals surface area contributed by atoms with E-state index in [1.54, 1.807) is 12.1 Å². The van der Waals surface area contributed by atoms with Crippen molar-refractivity contribution < 1.29 is 22.0 Å². The fourth-order valence-electron chi connectivity index (χ4n) is 1.81. The SMILES string of the molecule is Cc1cc(F)ccc1S(=O)(=O)NCC(=O)NCc1ccco1. The highest BCUT2D eigenvalue weighted by Crippen LogP contribution is 2.15. The third-order valence-electron chi connectivity index (χ3n) is 2.89. The summed E-state index contributed by atoms with van der Waals surface area (Å²) in [4.78, 5) is 11.6. The second kappa shape index (κ2) is 6.71. The molecule has 2 rings (SSSR count). The predicted molar refractivity (Wildman–Crippen MR) is 76.9 cm³/mol. The molecule has 0 atom stereocenters. The smallest absolute Gasteiger partial charge is 0.241 e. The Labute approximate surface area is 127 Å². The fourth-order valence-corrected chi connectivity index (χ4v) is 3.02. The lowest BCUT2D eigenvalue weighted by Crippen LogP contribution is -2.36. The number of aryl methyl sites for hydroxylation is 1. The zero-order chi connectivity index (χ0) is 16.2. The summed E-state index contributed by atoms with van der Waals surface area (Å²) in [5, 5.41) is 2.51. The molecule has 2 aromatic rings. The Hall–Kier alpha value is -2.19. The van der Waals surface area contributed by atoms with Crippen LogP contribution in [0.1, 0.15) is 11.3 Å². The first kappa shape index (κ1) is 16.2. The minimum absolute atomic E-state index is 0.0623. The number of carbonyl (C=O) groups is 1. The van der Waals surface area contributed by atoms with Gasteiger partial charge in [-0.2, -0.15) is 0 Å². The van der Waals surface area contributed by atoms with Gasteiger partial charge in [0.15, 0.2) is 0 Å². The van der Waals surface area contributed by atoms with Crippen molar-refractivity contribution >= 4 is 15.9 Å². The van der Waals surface area contributed by atoms with Crippen molar-refractivity contribution in [3.63, 3.8) is 0 Å². The van der Waals surface area contributed by atoms with Crippen molar-refractivity contribution in [2.75, 3.05) is 6.54 Å². The monoisotopic (exact) mass is 326 g/mol. The third kappa shape index (κ3) is 4.15. The van der Waals surface area contributed by atoms with Crippen LogP contribution >= 0.6 is 0 Å². The number of sulfonamides is 1. The minimum Gasteiger partial charge on any atom is -0.467 e. The quantitative estimate of drug-likeness (QED) is 0.838. The standard InChI is InChI=1S/C14H15FN2O4S/c1-10-7-11(15)4-5-13(10)22(19,20)17-9-14(18)16-8-12-3-2-6-21-12/h2-7,17H,8-9H2,1H3,(H,16,18). The van der Waals surface area contributed by atoms with Gasteiger partial charge in [0.05, 0.1) is 24.2 Å². The molecule has 0 fully saturated rings. The molecule has 0 aliphatic carbocycles. The topological polar surface area (TPSA) is 88.4 Å². The molecule has 1 heterocycles. The van der Waals surface area contributed by atoms with Crippen molar-refractivity contribution in [1.29, 1.82) is 0 Å². The van der Waals surface area contributed by atoms with Crippen molar-refractivity contribution in [3.05, 3.63) is 53.7 Å². The molecule has 0 saturated heterocycles. The Morgan fingerprint density at radius 1 is 1.32 bits per heavy atom. The van der Waals surface area contributed by atoms with Crippen molar-refractivity contribution in [2.45, 2.75) is 18.4 Å². The Morgan fingerprint density at radius 3 is 2.73 bits per heavy atom. The van der Waals surface area contributed by atoms with Crippen molar-refractivity contribution in [3.8, 4) is 0 Å². The molecule has 0 unspecified atom stereocenters. The van der Waals surface area contributed by atoms with Crippen LogP contribution in [-0.2, 0) is 21.4 Å². The molecule has 118 valence electrons. The van der Waals surface area contributed by atoms with E-state index in [0.717, 1.165) is 18.2 Å². The number of furan rings is 1. The summed E-state index contributed by atoms with van der Waals surface area (Å²) in [6, 6.07) is 6.70. The van der Waals surface area contributed by atoms with Crippen LogP contribution in [0, 0.1) is 12.7 Å². The van der Waals surface area contributed by atoms with Gasteiger partial charge >= 0.3 is 0 Å². The maximum Gasteiger partial charge on any atom is 0.241 e. The maximum atomic E-state index is 13.0. The largest absolute Gasteiger partial charge is 0.467 e. The van der Waals surface area contributed by atoms with E-state index in [0.29, 0.717) is 5.76 Å². The second-order valence-electron chi connectivity index (χ2n) is 4.59. The normalized spacial score (nSPS) is 11.4. The van der Waals surface area contributed by atoms with E-state index in [2.05, 4.69) is 10.0 Å². The summed E-state index contributed by atoms with van der Waals surface area (Å²) >= 11 is 0. The van der Waals surface area contributed by atoms with E-state index >= 15 is 0 Å². The molecule has 0 spiro atoms. The first-order valence-electron chi connectivity index (χ1n) is 6.43. The van der Waals surface area contributed by atoms with Crippen LogP contribution in [0.2, 0.25) is 0 Å². The predicted octanol–water partition coefficient (Wildman–Crippen LogP) is 1.32. The average Bonchev–Trinajstić information content (AvgIpc) is 2.96. The summed E-state index contributed by atoms with van der Waals surface area (Å²) in [6.45, 7) is 1.23. The van der Waals surface area contributed by atoms with E-state index < -0.39 is 28.3 Å². The minimum atomic E-state index is -3.88. The second-order valence-corrected chi connectivity index (χ2v) is 6.33. The lowest BCUT2D eigenvalue weighted by molar-refractivity contribution is -0.120. The van der Waals surface area contributed by atoms with Crippen LogP contribution in [0.5, 0.6) is 0 Å². The molecule has 6 nitrogen and oxygen atoms in total. The Morgan fingerprint density at radius 2 is 2.09 bits per heavy atom. The highest BCUT2D eigenvalue weighted by atomic mass is 32.2. The van der Waals surface area contributed by atoms with E-state index in [1.807, 2.05) is 0 Å². The molecule has 22 heavy (non-hydrogen) atoms. The average molecular weight is 326 g/mol. The lowest BCUT2D eigenvalue weighted by atomic mass is 10.2. The number of hydrogen-bond acceptors (Lipinski definition) is 4. The Bertz CT molecular complexity index is 757. The number of halogens is 1. The van der Waals surface area contributed by atoms with Crippen LogP contribution in [0.4, 0.5) is 4.39 Å². The summed E-state index contributed by atoms with van der Waals surface area (Å²) in [7, 11) is -3.88. The molecule has 2 N–H and O–H groups in total.